The fraction of sp³-hybridized carbons (Fsp3) is 0.600. The van der Waals surface area contributed by atoms with Crippen molar-refractivity contribution in [1.82, 2.24) is 4.90 Å². The van der Waals surface area contributed by atoms with E-state index in [1.165, 1.54) is 24.9 Å². The molecule has 1 N–H and O–H groups in total. The minimum atomic E-state index is -0.329. The van der Waals surface area contributed by atoms with Crippen LogP contribution < -0.4 is 5.32 Å². The minimum absolute atomic E-state index is 0.329. The van der Waals surface area contributed by atoms with E-state index < -0.39 is 0 Å². The molecule has 0 saturated carbocycles. The van der Waals surface area contributed by atoms with E-state index in [2.05, 4.69) is 24.1 Å². The second-order valence-corrected chi connectivity index (χ2v) is 7.20. The van der Waals surface area contributed by atoms with Gasteiger partial charge in [0, 0.05) is 17.0 Å². The quantitative estimate of drug-likeness (QED) is 0.661. The maximum absolute atomic E-state index is 11.8. The first-order valence-electron chi connectivity index (χ1n) is 7.22. The van der Waals surface area contributed by atoms with E-state index in [9.17, 15) is 4.79 Å². The minimum Gasteiger partial charge on any atom is -0.465 e. The van der Waals surface area contributed by atoms with Crippen LogP contribution >= 0.6 is 23.6 Å². The number of nitrogens with one attached hydrogen (secondary N) is 1. The first-order valence-corrected chi connectivity index (χ1v) is 8.44. The summed E-state index contributed by atoms with van der Waals surface area (Å²) in [5.74, 6) is -0.329. The normalized spacial score (nSPS) is 22.0. The van der Waals surface area contributed by atoms with Gasteiger partial charge in [-0.05, 0) is 58.3 Å². The van der Waals surface area contributed by atoms with Crippen molar-refractivity contribution >= 4 is 39.6 Å². The molecular formula is C15H22N2O2S2. The molecule has 21 heavy (non-hydrogen) atoms. The van der Waals surface area contributed by atoms with Gasteiger partial charge < -0.3 is 15.0 Å². The number of rotatable bonds is 2. The van der Waals surface area contributed by atoms with Crippen molar-refractivity contribution in [2.45, 2.75) is 52.1 Å². The summed E-state index contributed by atoms with van der Waals surface area (Å²) >= 11 is 7.10. The Hall–Kier alpha value is -1.14. The molecule has 0 amide bonds. The lowest BCUT2D eigenvalue weighted by Crippen LogP contribution is -2.49. The molecule has 0 aliphatic carbocycles. The molecule has 2 rings (SSSR count). The van der Waals surface area contributed by atoms with E-state index in [0.29, 0.717) is 22.8 Å². The zero-order chi connectivity index (χ0) is 15.6. The summed E-state index contributed by atoms with van der Waals surface area (Å²) < 4.78 is 4.83. The molecule has 0 aromatic carbocycles. The lowest BCUT2D eigenvalue weighted by molar-refractivity contribution is 0.0602. The smallest absolute Gasteiger partial charge is 0.340 e. The van der Waals surface area contributed by atoms with Crippen LogP contribution in [0.5, 0.6) is 0 Å². The molecule has 4 nitrogen and oxygen atoms in total. The largest absolute Gasteiger partial charge is 0.465 e. The summed E-state index contributed by atoms with van der Waals surface area (Å²) in [7, 11) is 1.40. The van der Waals surface area contributed by atoms with Crippen molar-refractivity contribution in [3.8, 4) is 0 Å². The van der Waals surface area contributed by atoms with Gasteiger partial charge >= 0.3 is 5.97 Å². The van der Waals surface area contributed by atoms with Gasteiger partial charge in [-0.15, -0.1) is 11.3 Å². The monoisotopic (exact) mass is 326 g/mol. The number of methoxy groups -OCH3 is 1. The van der Waals surface area contributed by atoms with Crippen molar-refractivity contribution in [2.24, 2.45) is 0 Å². The molecule has 0 bridgehead atoms. The molecule has 0 radical (unpaired) electrons. The van der Waals surface area contributed by atoms with E-state index >= 15 is 0 Å². The molecule has 6 heteroatoms. The Balaban J connectivity index is 2.17. The molecule has 1 aromatic heterocycles. The van der Waals surface area contributed by atoms with Gasteiger partial charge in [-0.1, -0.05) is 0 Å². The molecule has 0 unspecified atom stereocenters. The number of anilines is 1. The third kappa shape index (κ3) is 3.55. The van der Waals surface area contributed by atoms with Crippen LogP contribution in [0.3, 0.4) is 0 Å². The number of hydrogen-bond donors (Lipinski definition) is 1. The van der Waals surface area contributed by atoms with Gasteiger partial charge in [0.15, 0.2) is 5.11 Å². The fourth-order valence-corrected chi connectivity index (χ4v) is 4.28. The topological polar surface area (TPSA) is 41.6 Å². The van der Waals surface area contributed by atoms with Crippen molar-refractivity contribution in [1.29, 1.82) is 0 Å². The SMILES string of the molecule is COC(=O)c1cc(C)sc1NC(=S)N1[C@H](C)CCC[C@H]1C. The summed E-state index contributed by atoms with van der Waals surface area (Å²) in [5.41, 5.74) is 0.555. The Morgan fingerprint density at radius 3 is 2.62 bits per heavy atom. The van der Waals surface area contributed by atoms with Crippen LogP contribution in [0, 0.1) is 6.92 Å². The van der Waals surface area contributed by atoms with E-state index in [-0.39, 0.29) is 5.97 Å². The molecule has 1 saturated heterocycles. The highest BCUT2D eigenvalue weighted by molar-refractivity contribution is 7.80. The van der Waals surface area contributed by atoms with Crippen molar-refractivity contribution in [2.75, 3.05) is 12.4 Å². The first-order chi connectivity index (χ1) is 9.93. The third-order valence-corrected chi connectivity index (χ3v) is 5.19. The summed E-state index contributed by atoms with van der Waals surface area (Å²) in [6.45, 7) is 6.37. The zero-order valence-corrected chi connectivity index (χ0v) is 14.6. The lowest BCUT2D eigenvalue weighted by Gasteiger charge is -2.40. The number of hydrogen-bond acceptors (Lipinski definition) is 4. The Kier molecular flexibility index (Phi) is 5.22. The number of ether oxygens (including phenoxy) is 1. The van der Waals surface area contributed by atoms with Gasteiger partial charge in [0.25, 0.3) is 0 Å². The Bertz CT molecular complexity index is 532. The summed E-state index contributed by atoms with van der Waals surface area (Å²) in [6, 6.07) is 2.69. The summed E-state index contributed by atoms with van der Waals surface area (Å²) in [6.07, 6.45) is 3.55. The maximum Gasteiger partial charge on any atom is 0.340 e. The van der Waals surface area contributed by atoms with Crippen LogP contribution in [0.4, 0.5) is 5.00 Å². The standard InChI is InChI=1S/C15H22N2O2S2/c1-9-6-5-7-10(2)17(9)15(20)16-13-12(14(18)19-4)8-11(3)21-13/h8-10H,5-7H2,1-4H3,(H,16,20)/t9-,10-/m1/s1. The van der Waals surface area contributed by atoms with Gasteiger partial charge in [-0.25, -0.2) is 4.79 Å². The number of carbonyl (C=O) groups excluding carboxylic acids is 1. The predicted octanol–water partition coefficient (Wildman–Crippen LogP) is 3.80. The van der Waals surface area contributed by atoms with Crippen LogP contribution in [-0.4, -0.2) is 35.2 Å². The highest BCUT2D eigenvalue weighted by Crippen LogP contribution is 2.30. The number of thiocarbonyl (C=S) groups is 1. The third-order valence-electron chi connectivity index (χ3n) is 3.91. The maximum atomic E-state index is 11.8. The van der Waals surface area contributed by atoms with Crippen LogP contribution in [0.15, 0.2) is 6.07 Å². The van der Waals surface area contributed by atoms with Crippen LogP contribution in [0.25, 0.3) is 0 Å². The molecule has 1 aliphatic rings. The second-order valence-electron chi connectivity index (χ2n) is 5.56. The summed E-state index contributed by atoms with van der Waals surface area (Å²) in [4.78, 5) is 15.1. The number of likely N-dealkylation sites (tertiary alicyclic amines) is 1. The van der Waals surface area contributed by atoms with Crippen LogP contribution in [0.1, 0.15) is 48.3 Å². The van der Waals surface area contributed by atoms with Gasteiger partial charge in [0.05, 0.1) is 12.7 Å². The molecule has 1 fully saturated rings. The Morgan fingerprint density at radius 2 is 2.05 bits per heavy atom. The van der Waals surface area contributed by atoms with E-state index in [1.54, 1.807) is 0 Å². The van der Waals surface area contributed by atoms with E-state index in [0.717, 1.165) is 22.7 Å². The average molecular weight is 326 g/mol. The Labute approximate surface area is 135 Å². The van der Waals surface area contributed by atoms with Gasteiger partial charge in [-0.3, -0.25) is 0 Å². The lowest BCUT2D eigenvalue weighted by atomic mass is 9.98. The van der Waals surface area contributed by atoms with Crippen molar-refractivity contribution in [3.63, 3.8) is 0 Å². The number of aryl methyl sites for hydroxylation is 1. The Morgan fingerprint density at radius 1 is 1.43 bits per heavy atom. The molecular weight excluding hydrogens is 304 g/mol. The van der Waals surface area contributed by atoms with Gasteiger partial charge in [0.1, 0.15) is 5.00 Å². The number of nitrogens with zero attached hydrogens (tertiary/aromatic N) is 1. The molecule has 116 valence electrons. The fourth-order valence-electron chi connectivity index (χ4n) is 2.85. The van der Waals surface area contributed by atoms with E-state index in [4.69, 9.17) is 17.0 Å². The molecule has 2 heterocycles. The number of carbonyl (C=O) groups is 1. The number of esters is 1. The summed E-state index contributed by atoms with van der Waals surface area (Å²) in [5, 5.41) is 4.72. The van der Waals surface area contributed by atoms with Gasteiger partial charge in [-0.2, -0.15) is 0 Å². The van der Waals surface area contributed by atoms with Crippen LogP contribution in [-0.2, 0) is 4.74 Å². The molecule has 1 aromatic rings. The van der Waals surface area contributed by atoms with E-state index in [1.807, 2.05) is 13.0 Å². The van der Waals surface area contributed by atoms with Crippen molar-refractivity contribution in [3.05, 3.63) is 16.5 Å². The van der Waals surface area contributed by atoms with Crippen molar-refractivity contribution < 1.29 is 9.53 Å². The number of piperidine rings is 1. The average Bonchev–Trinajstić information content (AvgIpc) is 2.78. The van der Waals surface area contributed by atoms with Crippen LogP contribution in [0.2, 0.25) is 0 Å². The van der Waals surface area contributed by atoms with Gasteiger partial charge in [0.2, 0.25) is 0 Å². The molecule has 1 aliphatic heterocycles. The molecule has 0 spiro atoms. The second kappa shape index (κ2) is 6.75. The zero-order valence-electron chi connectivity index (χ0n) is 12.9. The first kappa shape index (κ1) is 16.2. The molecule has 2 atom stereocenters. The highest BCUT2D eigenvalue weighted by atomic mass is 32.1. The highest BCUT2D eigenvalue weighted by Gasteiger charge is 2.27. The number of thiophene rings is 1. The predicted molar refractivity (Wildman–Crippen MR) is 91.2 cm³/mol.